The summed E-state index contributed by atoms with van der Waals surface area (Å²) in [6, 6.07) is 1.09. The zero-order valence-corrected chi connectivity index (χ0v) is 21.8. The lowest BCUT2D eigenvalue weighted by Gasteiger charge is -2.69. The maximum Gasteiger partial charge on any atom is 0.237 e. The summed E-state index contributed by atoms with van der Waals surface area (Å²) in [5, 5.41) is 15.3. The molecule has 4 atom stereocenters. The van der Waals surface area contributed by atoms with Crippen LogP contribution in [0, 0.1) is 0 Å². The molecule has 11 nitrogen and oxygen atoms in total. The van der Waals surface area contributed by atoms with Crippen molar-refractivity contribution >= 4 is 0 Å². The molecule has 0 aromatic rings. The van der Waals surface area contributed by atoms with Crippen LogP contribution in [0.1, 0.15) is 25.7 Å². The van der Waals surface area contributed by atoms with E-state index in [1.165, 1.54) is 63.8 Å². The third kappa shape index (κ3) is 1.80. The maximum absolute atomic E-state index is 6.54. The summed E-state index contributed by atoms with van der Waals surface area (Å²) < 4.78 is 6.54. The number of hydrogen-bond acceptors (Lipinski definition) is 11. The number of rotatable bonds is 0. The lowest BCUT2D eigenvalue weighted by atomic mass is 9.76. The number of fused-ring (bicyclic) bond motifs is 2. The zero-order valence-electron chi connectivity index (χ0n) is 21.8. The Kier molecular flexibility index (Phi) is 3.02. The van der Waals surface area contributed by atoms with Gasteiger partial charge < -0.3 is 50.5 Å². The number of hydrogen-bond donors (Lipinski definition) is 4. The van der Waals surface area contributed by atoms with E-state index in [1.54, 1.807) is 0 Å². The average molecular weight is 513 g/mol. The average Bonchev–Trinajstić information content (AvgIpc) is 2.95. The summed E-state index contributed by atoms with van der Waals surface area (Å²) in [6.45, 7) is 4.76. The van der Waals surface area contributed by atoms with Crippen molar-refractivity contribution in [1.82, 2.24) is 50.7 Å². The van der Waals surface area contributed by atoms with E-state index in [1.807, 2.05) is 0 Å². The van der Waals surface area contributed by atoms with E-state index in [4.69, 9.17) is 4.74 Å². The fourth-order valence-electron chi connectivity index (χ4n) is 9.59. The fourth-order valence-corrected chi connectivity index (χ4v) is 9.59. The van der Waals surface area contributed by atoms with Crippen LogP contribution in [0.15, 0.2) is 69.0 Å². The van der Waals surface area contributed by atoms with Crippen molar-refractivity contribution in [3.63, 3.8) is 0 Å². The SMILES string of the molecule is CN1C2=C3C4C5=C1N(C)C1=C6N(CCO1)C1CCNC7=C1C(C1=C(N7)NC7=C(C(CCN7)N3CCC2)N14)N56. The predicted molar refractivity (Wildman–Crippen MR) is 137 cm³/mol. The van der Waals surface area contributed by atoms with Crippen LogP contribution < -0.4 is 21.3 Å². The standard InChI is InChI=1S/C27H32N10O/c1-32-13-4-3-9-34-14-6-8-29-23-17(14)36-19(16(13)34)21-25(32)33(2)27-26-35(10-11-38-27)12-5-7-28-22-15(12)18(37(21)26)20(36)24(30-22)31-23/h12,14,18-19,28-31H,3-11H2,1-2H3. The maximum atomic E-state index is 6.54. The second kappa shape index (κ2) is 5.94. The molecule has 3 fully saturated rings. The van der Waals surface area contributed by atoms with E-state index in [0.717, 1.165) is 63.8 Å². The van der Waals surface area contributed by atoms with Gasteiger partial charge in [-0.3, -0.25) is 4.90 Å². The molecule has 4 unspecified atom stereocenters. The quantitative estimate of drug-likeness (QED) is 0.345. The number of piperazine rings is 2. The van der Waals surface area contributed by atoms with Crippen molar-refractivity contribution in [3.8, 4) is 0 Å². The molecule has 11 heteroatoms. The molecule has 0 radical (unpaired) electrons. The van der Waals surface area contributed by atoms with Crippen LogP contribution in [0.5, 0.6) is 0 Å². The summed E-state index contributed by atoms with van der Waals surface area (Å²) in [6.07, 6.45) is 4.57. The zero-order chi connectivity index (χ0) is 24.6. The topological polar surface area (TPSA) is 76.8 Å². The van der Waals surface area contributed by atoms with Crippen LogP contribution in [0.4, 0.5) is 0 Å². The van der Waals surface area contributed by atoms with Crippen LogP contribution in [0.2, 0.25) is 0 Å². The van der Waals surface area contributed by atoms with Gasteiger partial charge in [0.05, 0.1) is 41.4 Å². The summed E-state index contributed by atoms with van der Waals surface area (Å²) in [5.74, 6) is 7.08. The second-order valence-electron chi connectivity index (χ2n) is 12.2. The first-order chi connectivity index (χ1) is 18.7. The lowest BCUT2D eigenvalue weighted by molar-refractivity contribution is -0.0366. The van der Waals surface area contributed by atoms with Crippen molar-refractivity contribution in [2.45, 2.75) is 49.9 Å². The first-order valence-electron chi connectivity index (χ1n) is 14.4. The van der Waals surface area contributed by atoms with Crippen LogP contribution >= 0.6 is 0 Å². The number of ether oxygens (including phenoxy) is 1. The number of allylic oxidation sites excluding steroid dienone is 1. The summed E-state index contributed by atoms with van der Waals surface area (Å²) in [7, 11) is 4.52. The molecule has 11 rings (SSSR count). The van der Waals surface area contributed by atoms with E-state index >= 15 is 0 Å². The van der Waals surface area contributed by atoms with E-state index in [0.29, 0.717) is 12.1 Å². The van der Waals surface area contributed by atoms with Gasteiger partial charge in [-0.25, -0.2) is 0 Å². The van der Waals surface area contributed by atoms with E-state index in [2.05, 4.69) is 64.8 Å². The van der Waals surface area contributed by atoms with Gasteiger partial charge in [-0.1, -0.05) is 0 Å². The minimum absolute atomic E-state index is 0.145. The molecule has 11 aliphatic heterocycles. The molecule has 0 spiro atoms. The molecule has 3 saturated heterocycles. The molecular formula is C27H32N10O. The normalized spacial score (nSPS) is 36.4. The predicted octanol–water partition coefficient (Wildman–Crippen LogP) is -0.325. The van der Waals surface area contributed by atoms with Crippen LogP contribution in [0.3, 0.4) is 0 Å². The van der Waals surface area contributed by atoms with Crippen molar-refractivity contribution < 1.29 is 4.74 Å². The molecule has 196 valence electrons. The minimum atomic E-state index is 0.145. The molecule has 4 N–H and O–H groups in total. The molecule has 11 heterocycles. The highest BCUT2D eigenvalue weighted by atomic mass is 16.5. The smallest absolute Gasteiger partial charge is 0.237 e. The fraction of sp³-hybridized carbons (Fsp3) is 0.556. The van der Waals surface area contributed by atoms with Gasteiger partial charge in [0.1, 0.15) is 42.0 Å². The van der Waals surface area contributed by atoms with Crippen molar-refractivity contribution in [1.29, 1.82) is 0 Å². The van der Waals surface area contributed by atoms with Gasteiger partial charge in [0, 0.05) is 45.0 Å². The number of dihydropyridines is 1. The lowest BCUT2D eigenvalue weighted by Crippen LogP contribution is -2.75. The Labute approximate surface area is 221 Å². The Morgan fingerprint density at radius 1 is 0.737 bits per heavy atom. The molecule has 0 aromatic heterocycles. The Hall–Kier alpha value is -3.76. The number of nitrogens with zero attached hydrogens (tertiary/aromatic N) is 6. The Bertz CT molecular complexity index is 1380. The summed E-state index contributed by atoms with van der Waals surface area (Å²) in [5.41, 5.74) is 8.76. The van der Waals surface area contributed by atoms with E-state index in [9.17, 15) is 0 Å². The highest BCUT2D eigenvalue weighted by Crippen LogP contribution is 2.60. The highest BCUT2D eigenvalue weighted by molar-refractivity contribution is 5.60. The molecule has 0 aliphatic carbocycles. The second-order valence-corrected chi connectivity index (χ2v) is 12.2. The van der Waals surface area contributed by atoms with Crippen LogP contribution in [-0.4, -0.2) is 100 Å². The largest absolute Gasteiger partial charge is 0.474 e. The highest BCUT2D eigenvalue weighted by Gasteiger charge is 2.65. The van der Waals surface area contributed by atoms with Gasteiger partial charge in [-0.05, 0) is 25.7 Å². The number of nitrogens with one attached hydrogen (secondary N) is 4. The Morgan fingerprint density at radius 2 is 1.58 bits per heavy atom. The van der Waals surface area contributed by atoms with Gasteiger partial charge in [-0.2, -0.15) is 0 Å². The molecule has 11 aliphatic rings. The van der Waals surface area contributed by atoms with Crippen LogP contribution in [0.25, 0.3) is 0 Å². The van der Waals surface area contributed by atoms with Crippen LogP contribution in [-0.2, 0) is 4.74 Å². The molecular weight excluding hydrogens is 480 g/mol. The van der Waals surface area contributed by atoms with Gasteiger partial charge in [-0.15, -0.1) is 0 Å². The molecule has 0 aromatic carbocycles. The third-order valence-corrected chi connectivity index (χ3v) is 10.8. The van der Waals surface area contributed by atoms with E-state index < -0.39 is 0 Å². The van der Waals surface area contributed by atoms with Gasteiger partial charge in [0.25, 0.3) is 0 Å². The molecule has 0 bridgehead atoms. The molecule has 38 heavy (non-hydrogen) atoms. The Balaban J connectivity index is 1.27. The van der Waals surface area contributed by atoms with Gasteiger partial charge in [0.2, 0.25) is 5.88 Å². The minimum Gasteiger partial charge on any atom is -0.474 e. The van der Waals surface area contributed by atoms with Gasteiger partial charge in [0.15, 0.2) is 5.82 Å². The van der Waals surface area contributed by atoms with Gasteiger partial charge >= 0.3 is 0 Å². The van der Waals surface area contributed by atoms with E-state index in [-0.39, 0.29) is 12.1 Å². The first-order valence-corrected chi connectivity index (χ1v) is 14.4. The Morgan fingerprint density at radius 3 is 2.50 bits per heavy atom. The van der Waals surface area contributed by atoms with Crippen molar-refractivity contribution in [3.05, 3.63) is 69.0 Å². The summed E-state index contributed by atoms with van der Waals surface area (Å²) >= 11 is 0. The molecule has 0 saturated carbocycles. The molecule has 0 amide bonds. The van der Waals surface area contributed by atoms with Crippen molar-refractivity contribution in [2.24, 2.45) is 0 Å². The monoisotopic (exact) mass is 512 g/mol. The first kappa shape index (κ1) is 19.3. The third-order valence-electron chi connectivity index (χ3n) is 10.8. The van der Waals surface area contributed by atoms with Crippen molar-refractivity contribution in [2.75, 3.05) is 46.9 Å². The summed E-state index contributed by atoms with van der Waals surface area (Å²) in [4.78, 5) is 15.8.